The van der Waals surface area contributed by atoms with E-state index in [4.69, 9.17) is 10.4 Å². The van der Waals surface area contributed by atoms with Crippen LogP contribution in [0.2, 0.25) is 0 Å². The Morgan fingerprint density at radius 2 is 2.26 bits per heavy atom. The summed E-state index contributed by atoms with van der Waals surface area (Å²) in [5.74, 6) is -1.22. The Morgan fingerprint density at radius 1 is 1.58 bits per heavy atom. The summed E-state index contributed by atoms with van der Waals surface area (Å²) in [6.45, 7) is -0.604. The Balaban J connectivity index is 2.45. The molecule has 0 aliphatic heterocycles. The van der Waals surface area contributed by atoms with Crippen molar-refractivity contribution in [2.45, 2.75) is 23.8 Å². The van der Waals surface area contributed by atoms with Gasteiger partial charge in [0.05, 0.1) is 0 Å². The molecule has 8 heteroatoms. The normalized spacial score (nSPS) is 15.2. The highest BCUT2D eigenvalue weighted by atomic mass is 32.2. The van der Waals surface area contributed by atoms with E-state index in [2.05, 4.69) is 4.98 Å². The van der Waals surface area contributed by atoms with Gasteiger partial charge in [0.1, 0.15) is 17.5 Å². The van der Waals surface area contributed by atoms with E-state index >= 15 is 0 Å². The van der Waals surface area contributed by atoms with Crippen LogP contribution in [-0.2, 0) is 14.8 Å². The summed E-state index contributed by atoms with van der Waals surface area (Å²) < 4.78 is 25.7. The maximum atomic E-state index is 12.4. The van der Waals surface area contributed by atoms with E-state index in [1.165, 1.54) is 18.3 Å². The molecule has 0 saturated heterocycles. The van der Waals surface area contributed by atoms with Crippen molar-refractivity contribution < 1.29 is 18.3 Å². The first-order chi connectivity index (χ1) is 8.96. The largest absolute Gasteiger partial charge is 0.480 e. The topological polar surface area (TPSA) is 111 Å². The lowest BCUT2D eigenvalue weighted by atomic mass is 10.4. The number of sulfonamides is 1. The molecule has 0 spiro atoms. The molecule has 7 nitrogen and oxygen atoms in total. The van der Waals surface area contributed by atoms with Gasteiger partial charge in [-0.2, -0.15) is 9.57 Å². The summed E-state index contributed by atoms with van der Waals surface area (Å²) in [7, 11) is -4.01. The van der Waals surface area contributed by atoms with Crippen LogP contribution >= 0.6 is 0 Å². The summed E-state index contributed by atoms with van der Waals surface area (Å²) in [5, 5.41) is 17.7. The van der Waals surface area contributed by atoms with Gasteiger partial charge in [-0.05, 0) is 25.0 Å². The molecule has 100 valence electrons. The molecule has 1 fully saturated rings. The Bertz CT molecular complexity index is 646. The van der Waals surface area contributed by atoms with Gasteiger partial charge in [-0.1, -0.05) is 0 Å². The van der Waals surface area contributed by atoms with E-state index < -0.39 is 22.5 Å². The van der Waals surface area contributed by atoms with E-state index in [9.17, 15) is 13.2 Å². The van der Waals surface area contributed by atoms with Gasteiger partial charge in [0, 0.05) is 12.2 Å². The summed E-state index contributed by atoms with van der Waals surface area (Å²) in [5.41, 5.74) is -0.224. The Hall–Kier alpha value is -1.98. The van der Waals surface area contributed by atoms with Crippen LogP contribution < -0.4 is 0 Å². The van der Waals surface area contributed by atoms with Gasteiger partial charge in [0.15, 0.2) is 5.69 Å². The van der Waals surface area contributed by atoms with E-state index in [1.807, 2.05) is 0 Å². The molecule has 2 rings (SSSR count). The first-order valence-electron chi connectivity index (χ1n) is 5.55. The zero-order chi connectivity index (χ0) is 14.0. The zero-order valence-electron chi connectivity index (χ0n) is 9.85. The van der Waals surface area contributed by atoms with Crippen molar-refractivity contribution in [3.8, 4) is 6.07 Å². The van der Waals surface area contributed by atoms with Crippen molar-refractivity contribution in [2.24, 2.45) is 0 Å². The molecule has 0 aromatic carbocycles. The van der Waals surface area contributed by atoms with Crippen molar-refractivity contribution in [2.75, 3.05) is 6.54 Å². The minimum Gasteiger partial charge on any atom is -0.480 e. The first kappa shape index (κ1) is 13.5. The summed E-state index contributed by atoms with van der Waals surface area (Å²) in [6, 6.07) is 4.07. The molecule has 0 bridgehead atoms. The second-order valence-electron chi connectivity index (χ2n) is 4.14. The lowest BCUT2D eigenvalue weighted by Gasteiger charge is -2.19. The molecular weight excluding hydrogens is 270 g/mol. The molecule has 1 heterocycles. The Kier molecular flexibility index (Phi) is 3.50. The molecule has 0 amide bonds. The standard InChI is InChI=1S/C11H11N3O4S/c12-6-9-10(2-1-5-13-9)19(17,18)14(7-11(15)16)8-3-4-8/h1-2,5,8H,3-4,7H2,(H,15,16). The van der Waals surface area contributed by atoms with Crippen LogP contribution in [0.1, 0.15) is 18.5 Å². The van der Waals surface area contributed by atoms with Gasteiger partial charge in [-0.15, -0.1) is 0 Å². The number of carboxylic acids is 1. The third-order valence-electron chi connectivity index (χ3n) is 2.71. The molecule has 1 saturated carbocycles. The fraction of sp³-hybridized carbons (Fsp3) is 0.364. The molecular formula is C11H11N3O4S. The molecule has 0 radical (unpaired) electrons. The van der Waals surface area contributed by atoms with Crippen molar-refractivity contribution in [1.82, 2.24) is 9.29 Å². The fourth-order valence-corrected chi connectivity index (χ4v) is 3.44. The van der Waals surface area contributed by atoms with Gasteiger partial charge in [0.2, 0.25) is 10.0 Å². The second-order valence-corrected chi connectivity index (χ2v) is 6.00. The van der Waals surface area contributed by atoms with Crippen LogP contribution in [-0.4, -0.2) is 41.4 Å². The molecule has 19 heavy (non-hydrogen) atoms. The average Bonchev–Trinajstić information content (AvgIpc) is 3.19. The number of pyridine rings is 1. The van der Waals surface area contributed by atoms with Crippen LogP contribution in [0.4, 0.5) is 0 Å². The van der Waals surface area contributed by atoms with Crippen LogP contribution in [0.15, 0.2) is 23.2 Å². The van der Waals surface area contributed by atoms with Gasteiger partial charge in [-0.25, -0.2) is 13.4 Å². The second kappa shape index (κ2) is 4.95. The molecule has 1 aromatic heterocycles. The van der Waals surface area contributed by atoms with Crippen molar-refractivity contribution in [1.29, 1.82) is 5.26 Å². The Labute approximate surface area is 110 Å². The molecule has 1 aliphatic carbocycles. The van der Waals surface area contributed by atoms with Crippen LogP contribution in [0.25, 0.3) is 0 Å². The lowest BCUT2D eigenvalue weighted by Crippen LogP contribution is -2.37. The van der Waals surface area contributed by atoms with E-state index in [0.717, 1.165) is 4.31 Å². The number of rotatable bonds is 5. The maximum Gasteiger partial charge on any atom is 0.318 e. The highest BCUT2D eigenvalue weighted by molar-refractivity contribution is 7.89. The van der Waals surface area contributed by atoms with Gasteiger partial charge in [0.25, 0.3) is 0 Å². The predicted molar refractivity (Wildman–Crippen MR) is 63.5 cm³/mol. The Morgan fingerprint density at radius 3 is 2.79 bits per heavy atom. The fourth-order valence-electron chi connectivity index (χ4n) is 1.72. The van der Waals surface area contributed by atoms with Crippen LogP contribution in [0.3, 0.4) is 0 Å². The van der Waals surface area contributed by atoms with E-state index in [1.54, 1.807) is 6.07 Å². The minimum absolute atomic E-state index is 0.224. The first-order valence-corrected chi connectivity index (χ1v) is 6.99. The number of nitriles is 1. The van der Waals surface area contributed by atoms with Crippen LogP contribution in [0, 0.1) is 11.3 Å². The van der Waals surface area contributed by atoms with Gasteiger partial charge < -0.3 is 5.11 Å². The molecule has 0 atom stereocenters. The van der Waals surface area contributed by atoms with Crippen molar-refractivity contribution in [3.05, 3.63) is 24.0 Å². The van der Waals surface area contributed by atoms with E-state index in [0.29, 0.717) is 12.8 Å². The third-order valence-corrected chi connectivity index (χ3v) is 4.64. The number of nitrogens with zero attached hydrogens (tertiary/aromatic N) is 3. The summed E-state index contributed by atoms with van der Waals surface area (Å²) >= 11 is 0. The predicted octanol–water partition coefficient (Wildman–Crippen LogP) is 0.191. The molecule has 0 unspecified atom stereocenters. The molecule has 1 N–H and O–H groups in total. The quantitative estimate of drug-likeness (QED) is 0.824. The monoisotopic (exact) mass is 281 g/mol. The number of carbonyl (C=O) groups is 1. The van der Waals surface area contributed by atoms with Crippen molar-refractivity contribution in [3.63, 3.8) is 0 Å². The number of aliphatic carboxylic acids is 1. The molecule has 1 aromatic rings. The average molecular weight is 281 g/mol. The number of hydrogen-bond acceptors (Lipinski definition) is 5. The number of hydrogen-bond donors (Lipinski definition) is 1. The van der Waals surface area contributed by atoms with Gasteiger partial charge in [-0.3, -0.25) is 4.79 Å². The highest BCUT2D eigenvalue weighted by Gasteiger charge is 2.40. The summed E-state index contributed by atoms with van der Waals surface area (Å²) in [4.78, 5) is 14.2. The summed E-state index contributed by atoms with van der Waals surface area (Å²) in [6.07, 6.45) is 2.58. The van der Waals surface area contributed by atoms with Crippen molar-refractivity contribution >= 4 is 16.0 Å². The maximum absolute atomic E-state index is 12.4. The lowest BCUT2D eigenvalue weighted by molar-refractivity contribution is -0.137. The zero-order valence-corrected chi connectivity index (χ0v) is 10.7. The van der Waals surface area contributed by atoms with Crippen LogP contribution in [0.5, 0.6) is 0 Å². The van der Waals surface area contributed by atoms with E-state index in [-0.39, 0.29) is 16.6 Å². The third kappa shape index (κ3) is 2.72. The number of aromatic nitrogens is 1. The molecule has 1 aliphatic rings. The highest BCUT2D eigenvalue weighted by Crippen LogP contribution is 2.32. The minimum atomic E-state index is -4.01. The SMILES string of the molecule is N#Cc1ncccc1S(=O)(=O)N(CC(=O)O)C1CC1. The smallest absolute Gasteiger partial charge is 0.318 e. The number of carboxylic acid groups (broad SMARTS) is 1. The van der Waals surface area contributed by atoms with Gasteiger partial charge >= 0.3 is 5.97 Å².